The molecule has 7 nitrogen and oxygen atoms in total. The third kappa shape index (κ3) is 3.05. The maximum absolute atomic E-state index is 13.3. The molecule has 1 saturated heterocycles. The lowest BCUT2D eigenvalue weighted by Crippen LogP contribution is -2.39. The Morgan fingerprint density at radius 2 is 1.79 bits per heavy atom. The van der Waals surface area contributed by atoms with Crippen LogP contribution in [-0.4, -0.2) is 47.5 Å². The Balaban J connectivity index is 1.78. The second-order valence-corrected chi connectivity index (χ2v) is 10.7. The second-order valence-electron chi connectivity index (χ2n) is 9.11. The zero-order valence-electron chi connectivity index (χ0n) is 18.6. The zero-order chi connectivity index (χ0) is 24.6. The van der Waals surface area contributed by atoms with Crippen molar-refractivity contribution in [2.45, 2.75) is 25.7 Å². The molecule has 4 aliphatic rings. The van der Waals surface area contributed by atoms with Crippen molar-refractivity contribution >= 4 is 55.2 Å². The van der Waals surface area contributed by atoms with Crippen molar-refractivity contribution < 1.29 is 29.0 Å². The van der Waals surface area contributed by atoms with Gasteiger partial charge in [-0.25, -0.2) is 0 Å². The fourth-order valence-corrected chi connectivity index (χ4v) is 6.83. The molecule has 4 atom stereocenters. The van der Waals surface area contributed by atoms with Gasteiger partial charge in [0.25, 0.3) is 0 Å². The molecular weight excluding hydrogens is 570 g/mol. The Labute approximate surface area is 212 Å². The third-order valence-corrected chi connectivity index (χ3v) is 9.65. The molecule has 34 heavy (non-hydrogen) atoms. The van der Waals surface area contributed by atoms with Gasteiger partial charge in [0.15, 0.2) is 23.1 Å². The Kier molecular flexibility index (Phi) is 5.48. The van der Waals surface area contributed by atoms with E-state index in [4.69, 9.17) is 4.74 Å². The maximum Gasteiger partial charge on any atom is 0.233 e. The Bertz CT molecular complexity index is 1310. The van der Waals surface area contributed by atoms with E-state index in [1.54, 1.807) is 13.0 Å². The molecule has 1 N–H and O–H groups in total. The van der Waals surface area contributed by atoms with Gasteiger partial charge in [0.2, 0.25) is 11.8 Å². The van der Waals surface area contributed by atoms with Crippen molar-refractivity contribution in [2.24, 2.45) is 17.8 Å². The molecule has 3 aliphatic carbocycles. The van der Waals surface area contributed by atoms with Gasteiger partial charge in [-0.05, 0) is 75.2 Å². The average molecular weight is 591 g/mol. The van der Waals surface area contributed by atoms with Gasteiger partial charge >= 0.3 is 0 Å². The first-order chi connectivity index (χ1) is 16.1. The normalized spacial score (nSPS) is 28.4. The van der Waals surface area contributed by atoms with E-state index >= 15 is 0 Å². The van der Waals surface area contributed by atoms with E-state index < -0.39 is 23.7 Å². The molecule has 0 saturated carbocycles. The molecule has 1 aliphatic heterocycles. The lowest BCUT2D eigenvalue weighted by atomic mass is 9.59. The van der Waals surface area contributed by atoms with E-state index in [1.807, 2.05) is 6.08 Å². The number of ketones is 2. The number of allylic oxidation sites excluding steroid dienone is 6. The summed E-state index contributed by atoms with van der Waals surface area (Å²) in [5, 5.41) is 10.5. The number of rotatable bonds is 2. The number of ether oxygens (including phenoxy) is 1. The number of likely N-dealkylation sites (tertiary alicyclic amines) is 1. The van der Waals surface area contributed by atoms with Crippen LogP contribution in [0.1, 0.15) is 31.2 Å². The number of hydrogen-bond acceptors (Lipinski definition) is 6. The number of carbonyl (C=O) groups excluding carboxylic acids is 4. The number of phenolic OH excluding ortho intramolecular Hbond substituents is 1. The molecule has 0 aromatic heterocycles. The summed E-state index contributed by atoms with van der Waals surface area (Å²) in [6.45, 7) is 1.61. The second kappa shape index (κ2) is 8.02. The highest BCUT2D eigenvalue weighted by Crippen LogP contribution is 2.57. The van der Waals surface area contributed by atoms with Crippen LogP contribution in [-0.2, 0) is 19.2 Å². The number of Topliss-reactive ketones (excluding diaryl/α,β-unsaturated/α-hetero) is 1. The number of nitrogens with zero attached hydrogens (tertiary/aromatic N) is 1. The molecule has 176 valence electrons. The number of aromatic hydroxyl groups is 1. The van der Waals surface area contributed by atoms with Gasteiger partial charge in [-0.15, -0.1) is 0 Å². The van der Waals surface area contributed by atoms with Crippen LogP contribution in [0.2, 0.25) is 0 Å². The smallest absolute Gasteiger partial charge is 0.233 e. The molecule has 5 rings (SSSR count). The lowest BCUT2D eigenvalue weighted by molar-refractivity contribution is -0.138. The molecule has 1 aromatic rings. The molecule has 4 unspecified atom stereocenters. The number of carbonyl (C=O) groups is 4. The lowest BCUT2D eigenvalue weighted by Gasteiger charge is -2.42. The standard InChI is InChI=1S/C25H21Br2NO6/c1-9-6-15(29)19-14(22(9)30)7-12-10(4-5-11-18(12)25(33)28(2)24(11)32)17(19)13-8-16(34-3)23(31)21(27)20(13)26/h4,6,8,11-12,17-18,31H,5,7H2,1-3H3. The van der Waals surface area contributed by atoms with Crippen LogP contribution >= 0.6 is 31.9 Å². The molecule has 2 amide bonds. The van der Waals surface area contributed by atoms with Gasteiger partial charge in [0.1, 0.15) is 0 Å². The van der Waals surface area contributed by atoms with Gasteiger partial charge in [0, 0.05) is 34.2 Å². The Morgan fingerprint density at radius 1 is 1.09 bits per heavy atom. The van der Waals surface area contributed by atoms with Gasteiger partial charge in [-0.3, -0.25) is 24.1 Å². The molecule has 0 radical (unpaired) electrons. The molecule has 1 aromatic carbocycles. The van der Waals surface area contributed by atoms with Crippen LogP contribution < -0.4 is 4.74 Å². The van der Waals surface area contributed by atoms with Gasteiger partial charge in [-0.2, -0.15) is 0 Å². The van der Waals surface area contributed by atoms with E-state index in [-0.39, 0.29) is 41.3 Å². The van der Waals surface area contributed by atoms with Crippen LogP contribution in [0.4, 0.5) is 0 Å². The Hall–Kier alpha value is -2.52. The number of phenols is 1. The highest BCUT2D eigenvalue weighted by molar-refractivity contribution is 9.13. The third-order valence-electron chi connectivity index (χ3n) is 7.49. The van der Waals surface area contributed by atoms with Crippen LogP contribution in [0, 0.1) is 17.8 Å². The summed E-state index contributed by atoms with van der Waals surface area (Å²) in [6, 6.07) is 1.64. The summed E-state index contributed by atoms with van der Waals surface area (Å²) in [4.78, 5) is 53.6. The van der Waals surface area contributed by atoms with Crippen molar-refractivity contribution in [2.75, 3.05) is 14.2 Å². The molecule has 1 fully saturated rings. The molecule has 1 heterocycles. The topological polar surface area (TPSA) is 101 Å². The number of fused-ring (bicyclic) bond motifs is 3. The minimum absolute atomic E-state index is 0.0997. The Morgan fingerprint density at radius 3 is 2.47 bits per heavy atom. The summed E-state index contributed by atoms with van der Waals surface area (Å²) < 4.78 is 6.23. The number of methoxy groups -OCH3 is 1. The first kappa shape index (κ1) is 23.2. The van der Waals surface area contributed by atoms with E-state index in [0.717, 1.165) is 5.57 Å². The number of halogens is 2. The van der Waals surface area contributed by atoms with Gasteiger partial charge in [-0.1, -0.05) is 11.6 Å². The number of amides is 2. The quantitative estimate of drug-likeness (QED) is 0.318. The summed E-state index contributed by atoms with van der Waals surface area (Å²) in [5.41, 5.74) is 2.59. The van der Waals surface area contributed by atoms with Crippen molar-refractivity contribution in [3.05, 3.63) is 55.0 Å². The monoisotopic (exact) mass is 589 g/mol. The predicted molar refractivity (Wildman–Crippen MR) is 129 cm³/mol. The number of benzene rings is 1. The largest absolute Gasteiger partial charge is 0.503 e. The van der Waals surface area contributed by atoms with Crippen LogP contribution in [0.5, 0.6) is 11.5 Å². The summed E-state index contributed by atoms with van der Waals surface area (Å²) in [5.74, 6) is -2.89. The maximum atomic E-state index is 13.3. The van der Waals surface area contributed by atoms with E-state index in [0.29, 0.717) is 37.6 Å². The molecule has 0 spiro atoms. The van der Waals surface area contributed by atoms with Crippen LogP contribution in [0.15, 0.2) is 49.5 Å². The van der Waals surface area contributed by atoms with E-state index in [9.17, 15) is 24.3 Å². The summed E-state index contributed by atoms with van der Waals surface area (Å²) in [7, 11) is 2.92. The van der Waals surface area contributed by atoms with Crippen LogP contribution in [0.3, 0.4) is 0 Å². The fourth-order valence-electron chi connectivity index (χ4n) is 5.87. The van der Waals surface area contributed by atoms with E-state index in [2.05, 4.69) is 31.9 Å². The minimum atomic E-state index is -0.635. The highest BCUT2D eigenvalue weighted by Gasteiger charge is 2.55. The number of imide groups is 1. The van der Waals surface area contributed by atoms with Gasteiger partial charge < -0.3 is 9.84 Å². The minimum Gasteiger partial charge on any atom is -0.503 e. The zero-order valence-corrected chi connectivity index (χ0v) is 21.8. The fraction of sp³-hybridized carbons (Fsp3) is 0.360. The first-order valence-corrected chi connectivity index (χ1v) is 12.4. The average Bonchev–Trinajstić information content (AvgIpc) is 3.04. The molecule has 9 heteroatoms. The molecule has 0 bridgehead atoms. The number of hydrogen-bond donors (Lipinski definition) is 1. The summed E-state index contributed by atoms with van der Waals surface area (Å²) >= 11 is 6.93. The summed E-state index contributed by atoms with van der Waals surface area (Å²) in [6.07, 6.45) is 3.93. The van der Waals surface area contributed by atoms with Crippen molar-refractivity contribution in [1.29, 1.82) is 0 Å². The molecular formula is C25H21Br2NO6. The van der Waals surface area contributed by atoms with Gasteiger partial charge in [0.05, 0.1) is 23.4 Å². The van der Waals surface area contributed by atoms with Crippen LogP contribution in [0.25, 0.3) is 0 Å². The SMILES string of the molecule is COc1cc(C2C3=CCC4C(=O)N(C)C(=O)C4C3CC3=C2C(=O)C=C(C)C3=O)c(Br)c(Br)c1O. The van der Waals surface area contributed by atoms with Crippen molar-refractivity contribution in [3.8, 4) is 11.5 Å². The highest BCUT2D eigenvalue weighted by atomic mass is 79.9. The van der Waals surface area contributed by atoms with E-state index in [1.165, 1.54) is 25.1 Å². The van der Waals surface area contributed by atoms with Crippen molar-refractivity contribution in [3.63, 3.8) is 0 Å². The first-order valence-electron chi connectivity index (χ1n) is 10.8. The predicted octanol–water partition coefficient (Wildman–Crippen LogP) is 3.99. The van der Waals surface area contributed by atoms with Crippen molar-refractivity contribution in [1.82, 2.24) is 4.90 Å².